The summed E-state index contributed by atoms with van der Waals surface area (Å²) in [6, 6.07) is 18.4. The van der Waals surface area contributed by atoms with Gasteiger partial charge in [0.05, 0.1) is 0 Å². The van der Waals surface area contributed by atoms with Crippen LogP contribution in [0.2, 0.25) is 0 Å². The van der Waals surface area contributed by atoms with Gasteiger partial charge in [-0.2, -0.15) is 0 Å². The van der Waals surface area contributed by atoms with E-state index in [1.807, 2.05) is 0 Å². The van der Waals surface area contributed by atoms with Crippen LogP contribution < -0.4 is 5.73 Å². The normalized spacial score (nSPS) is 21.7. The number of likely N-dealkylation sites (tertiary alicyclic amines) is 1. The number of aryl methyl sites for hydroxylation is 2. The van der Waals surface area contributed by atoms with Crippen LogP contribution >= 0.6 is 12.4 Å². The van der Waals surface area contributed by atoms with Crippen LogP contribution in [-0.2, 0) is 24.1 Å². The van der Waals surface area contributed by atoms with Gasteiger partial charge in [0.2, 0.25) is 5.91 Å². The number of rotatable bonds is 6. The summed E-state index contributed by atoms with van der Waals surface area (Å²) in [7, 11) is 0. The lowest BCUT2D eigenvalue weighted by Crippen LogP contribution is -2.41. The SMILES string of the molecule is Cl.NC(=O)CCc1ccc2c(c1)C(Cc1ccccc1)C(N1CCCC1)CC2. The third kappa shape index (κ3) is 4.76. The molecule has 1 fully saturated rings. The van der Waals surface area contributed by atoms with Crippen LogP contribution in [0, 0.1) is 0 Å². The average Bonchev–Trinajstić information content (AvgIpc) is 3.22. The first-order valence-electron chi connectivity index (χ1n) is 10.4. The highest BCUT2D eigenvalue weighted by molar-refractivity contribution is 5.85. The Labute approximate surface area is 174 Å². The van der Waals surface area contributed by atoms with Gasteiger partial charge in [0, 0.05) is 18.4 Å². The molecule has 0 radical (unpaired) electrons. The van der Waals surface area contributed by atoms with Crippen LogP contribution in [0.1, 0.15) is 53.9 Å². The van der Waals surface area contributed by atoms with Gasteiger partial charge in [-0.15, -0.1) is 12.4 Å². The monoisotopic (exact) mass is 398 g/mol. The maximum atomic E-state index is 11.2. The van der Waals surface area contributed by atoms with Gasteiger partial charge in [-0.05, 0) is 73.9 Å². The van der Waals surface area contributed by atoms with Crippen molar-refractivity contribution in [2.24, 2.45) is 5.73 Å². The number of nitrogens with two attached hydrogens (primary N) is 1. The fraction of sp³-hybridized carbons (Fsp3) is 0.458. The van der Waals surface area contributed by atoms with E-state index in [0.717, 1.165) is 19.3 Å². The number of hydrogen-bond acceptors (Lipinski definition) is 2. The Hall–Kier alpha value is -1.84. The average molecular weight is 399 g/mol. The second-order valence-electron chi connectivity index (χ2n) is 8.14. The minimum absolute atomic E-state index is 0. The number of amides is 1. The van der Waals surface area contributed by atoms with E-state index < -0.39 is 0 Å². The molecule has 0 aromatic heterocycles. The molecule has 0 saturated carbocycles. The molecule has 2 aromatic rings. The van der Waals surface area contributed by atoms with E-state index >= 15 is 0 Å². The molecular formula is C24H31ClN2O. The number of hydrogen-bond donors (Lipinski definition) is 1. The Morgan fingerprint density at radius 1 is 1.04 bits per heavy atom. The van der Waals surface area contributed by atoms with Crippen LogP contribution in [0.15, 0.2) is 48.5 Å². The minimum Gasteiger partial charge on any atom is -0.370 e. The molecule has 1 aliphatic carbocycles. The Morgan fingerprint density at radius 2 is 1.79 bits per heavy atom. The summed E-state index contributed by atoms with van der Waals surface area (Å²) < 4.78 is 0. The van der Waals surface area contributed by atoms with Crippen LogP contribution in [0.4, 0.5) is 0 Å². The second-order valence-corrected chi connectivity index (χ2v) is 8.14. The van der Waals surface area contributed by atoms with E-state index in [-0.39, 0.29) is 18.3 Å². The summed E-state index contributed by atoms with van der Waals surface area (Å²) in [4.78, 5) is 13.9. The first kappa shape index (κ1) is 20.9. The molecule has 1 amide bonds. The minimum atomic E-state index is -0.219. The number of carbonyl (C=O) groups is 1. The number of halogens is 1. The quantitative estimate of drug-likeness (QED) is 0.790. The summed E-state index contributed by atoms with van der Waals surface area (Å²) >= 11 is 0. The van der Waals surface area contributed by atoms with Gasteiger partial charge in [-0.3, -0.25) is 9.69 Å². The number of primary amides is 1. The van der Waals surface area contributed by atoms with Crippen molar-refractivity contribution in [2.45, 2.75) is 56.9 Å². The van der Waals surface area contributed by atoms with Gasteiger partial charge >= 0.3 is 0 Å². The van der Waals surface area contributed by atoms with Gasteiger partial charge in [0.25, 0.3) is 0 Å². The van der Waals surface area contributed by atoms with Crippen molar-refractivity contribution in [1.29, 1.82) is 0 Å². The fourth-order valence-corrected chi connectivity index (χ4v) is 4.98. The molecule has 0 bridgehead atoms. The second kappa shape index (κ2) is 9.58. The first-order chi connectivity index (χ1) is 13.2. The molecule has 2 atom stereocenters. The molecule has 0 spiro atoms. The van der Waals surface area contributed by atoms with Crippen LogP contribution in [-0.4, -0.2) is 29.9 Å². The predicted octanol–water partition coefficient (Wildman–Crippen LogP) is 4.26. The molecule has 2 N–H and O–H groups in total. The lowest BCUT2D eigenvalue weighted by atomic mass is 9.75. The highest BCUT2D eigenvalue weighted by Crippen LogP contribution is 2.39. The highest BCUT2D eigenvalue weighted by Gasteiger charge is 2.34. The van der Waals surface area contributed by atoms with E-state index in [2.05, 4.69) is 53.4 Å². The zero-order valence-electron chi connectivity index (χ0n) is 16.5. The van der Waals surface area contributed by atoms with Crippen molar-refractivity contribution in [3.8, 4) is 0 Å². The van der Waals surface area contributed by atoms with Crippen LogP contribution in [0.3, 0.4) is 0 Å². The smallest absolute Gasteiger partial charge is 0.217 e. The first-order valence-corrected chi connectivity index (χ1v) is 10.4. The molecule has 2 aliphatic rings. The van der Waals surface area contributed by atoms with Crippen LogP contribution in [0.5, 0.6) is 0 Å². The Bertz CT molecular complexity index is 786. The summed E-state index contributed by atoms with van der Waals surface area (Å²) in [5, 5.41) is 0. The van der Waals surface area contributed by atoms with Crippen molar-refractivity contribution in [3.63, 3.8) is 0 Å². The van der Waals surface area contributed by atoms with Crippen molar-refractivity contribution in [2.75, 3.05) is 13.1 Å². The summed E-state index contributed by atoms with van der Waals surface area (Å²) in [6.07, 6.45) is 7.35. The van der Waals surface area contributed by atoms with Gasteiger partial charge in [0.1, 0.15) is 0 Å². The summed E-state index contributed by atoms with van der Waals surface area (Å²) in [5.41, 5.74) is 11.0. The number of nitrogens with zero attached hydrogens (tertiary/aromatic N) is 1. The molecule has 1 heterocycles. The predicted molar refractivity (Wildman–Crippen MR) is 117 cm³/mol. The molecule has 1 saturated heterocycles. The molecule has 4 rings (SSSR count). The molecule has 2 unspecified atom stereocenters. The Balaban J connectivity index is 0.00000225. The third-order valence-electron chi connectivity index (χ3n) is 6.35. The number of benzene rings is 2. The van der Waals surface area contributed by atoms with Gasteiger partial charge in [-0.1, -0.05) is 48.5 Å². The maximum Gasteiger partial charge on any atom is 0.217 e. The van der Waals surface area contributed by atoms with E-state index in [4.69, 9.17) is 5.73 Å². The molecule has 2 aromatic carbocycles. The molecule has 150 valence electrons. The van der Waals surface area contributed by atoms with Gasteiger partial charge in [-0.25, -0.2) is 0 Å². The lowest BCUT2D eigenvalue weighted by Gasteiger charge is -2.40. The van der Waals surface area contributed by atoms with Crippen LogP contribution in [0.25, 0.3) is 0 Å². The Morgan fingerprint density at radius 3 is 2.50 bits per heavy atom. The van der Waals surface area contributed by atoms with E-state index in [1.165, 1.54) is 54.6 Å². The maximum absolute atomic E-state index is 11.2. The third-order valence-corrected chi connectivity index (χ3v) is 6.35. The zero-order valence-corrected chi connectivity index (χ0v) is 17.3. The zero-order chi connectivity index (χ0) is 18.6. The van der Waals surface area contributed by atoms with Crippen molar-refractivity contribution >= 4 is 18.3 Å². The molecule has 4 heteroatoms. The topological polar surface area (TPSA) is 46.3 Å². The lowest BCUT2D eigenvalue weighted by molar-refractivity contribution is -0.117. The summed E-state index contributed by atoms with van der Waals surface area (Å²) in [6.45, 7) is 2.49. The largest absolute Gasteiger partial charge is 0.370 e. The summed E-state index contributed by atoms with van der Waals surface area (Å²) in [5.74, 6) is 0.311. The van der Waals surface area contributed by atoms with Crippen molar-refractivity contribution in [1.82, 2.24) is 4.90 Å². The molecular weight excluding hydrogens is 368 g/mol. The number of carbonyl (C=O) groups excluding carboxylic acids is 1. The van der Waals surface area contributed by atoms with E-state index in [1.54, 1.807) is 0 Å². The van der Waals surface area contributed by atoms with Crippen molar-refractivity contribution < 1.29 is 4.79 Å². The standard InChI is InChI=1S/C24H30N2O.ClH/c25-24(27)13-9-19-8-10-20-11-12-23(26-14-4-5-15-26)22(21(20)16-19)17-18-6-2-1-3-7-18;/h1-3,6-8,10,16,22-23H,4-5,9,11-15,17H2,(H2,25,27);1H. The van der Waals surface area contributed by atoms with E-state index in [9.17, 15) is 4.79 Å². The van der Waals surface area contributed by atoms with Gasteiger partial charge < -0.3 is 5.73 Å². The fourth-order valence-electron chi connectivity index (χ4n) is 4.98. The number of fused-ring (bicyclic) bond motifs is 1. The Kier molecular flexibility index (Phi) is 7.14. The van der Waals surface area contributed by atoms with Gasteiger partial charge in [0.15, 0.2) is 0 Å². The van der Waals surface area contributed by atoms with Crippen molar-refractivity contribution in [3.05, 3.63) is 70.8 Å². The molecule has 28 heavy (non-hydrogen) atoms. The molecule has 1 aliphatic heterocycles. The molecule has 3 nitrogen and oxygen atoms in total. The highest BCUT2D eigenvalue weighted by atomic mass is 35.5. The van der Waals surface area contributed by atoms with E-state index in [0.29, 0.717) is 18.4 Å².